The minimum atomic E-state index is -0.137. The molecule has 0 aromatic carbocycles. The topological polar surface area (TPSA) is 66.9 Å². The summed E-state index contributed by atoms with van der Waals surface area (Å²) in [4.78, 5) is 19.7. The Morgan fingerprint density at radius 1 is 1.44 bits per heavy atom. The number of nitrogens with one attached hydrogen (secondary N) is 2. The second kappa shape index (κ2) is 4.92. The molecule has 2 rings (SSSR count). The summed E-state index contributed by atoms with van der Waals surface area (Å²) < 4.78 is 0. The van der Waals surface area contributed by atoms with Crippen LogP contribution in [0.25, 0.3) is 0 Å². The number of nitrogens with zero attached hydrogens (tertiary/aromatic N) is 2. The zero-order valence-corrected chi connectivity index (χ0v) is 9.36. The van der Waals surface area contributed by atoms with Gasteiger partial charge in [-0.3, -0.25) is 4.79 Å². The summed E-state index contributed by atoms with van der Waals surface area (Å²) in [5, 5.41) is 5.73. The molecule has 16 heavy (non-hydrogen) atoms. The molecule has 86 valence electrons. The molecule has 1 aliphatic carbocycles. The van der Waals surface area contributed by atoms with Crippen LogP contribution in [0, 0.1) is 5.92 Å². The predicted molar refractivity (Wildman–Crippen MR) is 61.3 cm³/mol. The van der Waals surface area contributed by atoms with Crippen LogP contribution in [-0.4, -0.2) is 29.5 Å². The van der Waals surface area contributed by atoms with E-state index in [-0.39, 0.29) is 5.91 Å². The van der Waals surface area contributed by atoms with Gasteiger partial charge in [0.15, 0.2) is 0 Å². The van der Waals surface area contributed by atoms with Crippen molar-refractivity contribution in [3.63, 3.8) is 0 Å². The summed E-state index contributed by atoms with van der Waals surface area (Å²) in [6, 6.07) is 0. The fraction of sp³-hybridized carbons (Fsp3) is 0.545. The van der Waals surface area contributed by atoms with E-state index in [2.05, 4.69) is 20.6 Å². The van der Waals surface area contributed by atoms with Gasteiger partial charge in [0.25, 0.3) is 5.91 Å². The first kappa shape index (κ1) is 10.9. The molecule has 1 aliphatic rings. The third-order valence-corrected chi connectivity index (χ3v) is 2.92. The highest BCUT2D eigenvalue weighted by atomic mass is 16.1. The van der Waals surface area contributed by atoms with Crippen molar-refractivity contribution >= 4 is 11.7 Å². The monoisotopic (exact) mass is 220 g/mol. The Bertz CT molecular complexity index is 359. The molecule has 0 aliphatic heterocycles. The van der Waals surface area contributed by atoms with Crippen LogP contribution in [0.4, 0.5) is 5.82 Å². The van der Waals surface area contributed by atoms with Crippen LogP contribution >= 0.6 is 0 Å². The Balaban J connectivity index is 1.86. The van der Waals surface area contributed by atoms with E-state index in [1.807, 2.05) is 0 Å². The molecule has 1 aromatic heterocycles. The number of carbonyl (C=O) groups excluding carboxylic acids is 1. The van der Waals surface area contributed by atoms with Gasteiger partial charge in [0.2, 0.25) is 0 Å². The van der Waals surface area contributed by atoms with Crippen molar-refractivity contribution in [3.8, 4) is 0 Å². The molecule has 1 fully saturated rings. The maximum atomic E-state index is 11.7. The number of aromatic nitrogens is 2. The molecule has 0 bridgehead atoms. The summed E-state index contributed by atoms with van der Waals surface area (Å²) in [5.41, 5.74) is 0.373. The van der Waals surface area contributed by atoms with E-state index < -0.39 is 0 Å². The van der Waals surface area contributed by atoms with Gasteiger partial charge in [-0.25, -0.2) is 9.97 Å². The van der Waals surface area contributed by atoms with Crippen molar-refractivity contribution in [2.45, 2.75) is 19.3 Å². The lowest BCUT2D eigenvalue weighted by atomic mass is 9.85. The van der Waals surface area contributed by atoms with Crippen LogP contribution in [0.5, 0.6) is 0 Å². The van der Waals surface area contributed by atoms with E-state index in [0.717, 1.165) is 6.54 Å². The maximum Gasteiger partial charge on any atom is 0.271 e. The summed E-state index contributed by atoms with van der Waals surface area (Å²) in [6.45, 7) is 0.758. The van der Waals surface area contributed by atoms with Crippen LogP contribution in [-0.2, 0) is 0 Å². The molecular weight excluding hydrogens is 204 g/mol. The van der Waals surface area contributed by atoms with Crippen molar-refractivity contribution < 1.29 is 4.79 Å². The van der Waals surface area contributed by atoms with Crippen molar-refractivity contribution in [3.05, 3.63) is 18.1 Å². The van der Waals surface area contributed by atoms with E-state index in [0.29, 0.717) is 17.4 Å². The average molecular weight is 220 g/mol. The summed E-state index contributed by atoms with van der Waals surface area (Å²) in [5.74, 6) is 1.19. The van der Waals surface area contributed by atoms with Crippen molar-refractivity contribution in [2.75, 3.05) is 18.9 Å². The van der Waals surface area contributed by atoms with Crippen LogP contribution in [0.1, 0.15) is 29.8 Å². The lowest BCUT2D eigenvalue weighted by molar-refractivity contribution is 0.0933. The molecule has 1 saturated carbocycles. The fourth-order valence-corrected chi connectivity index (χ4v) is 1.60. The standard InChI is InChI=1S/C11H16N4O/c1-12-10-7-13-9(6-14-10)11(16)15-5-8-3-2-4-8/h6-8H,2-5H2,1H3,(H,12,14)(H,15,16). The molecular formula is C11H16N4O. The molecule has 1 aromatic rings. The molecule has 0 radical (unpaired) electrons. The number of carbonyl (C=O) groups is 1. The molecule has 2 N–H and O–H groups in total. The fourth-order valence-electron chi connectivity index (χ4n) is 1.60. The highest BCUT2D eigenvalue weighted by Gasteiger charge is 2.18. The molecule has 0 atom stereocenters. The van der Waals surface area contributed by atoms with Crippen LogP contribution in [0.3, 0.4) is 0 Å². The van der Waals surface area contributed by atoms with Crippen molar-refractivity contribution in [1.82, 2.24) is 15.3 Å². The molecule has 1 heterocycles. The highest BCUT2D eigenvalue weighted by Crippen LogP contribution is 2.25. The molecule has 1 amide bonds. The largest absolute Gasteiger partial charge is 0.372 e. The first-order chi connectivity index (χ1) is 7.79. The summed E-state index contributed by atoms with van der Waals surface area (Å²) in [7, 11) is 1.76. The van der Waals surface area contributed by atoms with Gasteiger partial charge < -0.3 is 10.6 Å². The number of hydrogen-bond acceptors (Lipinski definition) is 4. The summed E-state index contributed by atoms with van der Waals surface area (Å²) >= 11 is 0. The maximum absolute atomic E-state index is 11.7. The first-order valence-electron chi connectivity index (χ1n) is 5.57. The number of anilines is 1. The van der Waals surface area contributed by atoms with Gasteiger partial charge in [-0.05, 0) is 18.8 Å². The Hall–Kier alpha value is -1.65. The van der Waals surface area contributed by atoms with E-state index in [1.165, 1.54) is 25.5 Å². The van der Waals surface area contributed by atoms with E-state index >= 15 is 0 Å². The normalized spacial score (nSPS) is 15.3. The van der Waals surface area contributed by atoms with E-state index in [4.69, 9.17) is 0 Å². The predicted octanol–water partition coefficient (Wildman–Crippen LogP) is 1.05. The minimum Gasteiger partial charge on any atom is -0.372 e. The van der Waals surface area contributed by atoms with E-state index in [1.54, 1.807) is 13.2 Å². The zero-order chi connectivity index (χ0) is 11.4. The second-order valence-corrected chi connectivity index (χ2v) is 4.04. The van der Waals surface area contributed by atoms with Crippen molar-refractivity contribution in [1.29, 1.82) is 0 Å². The smallest absolute Gasteiger partial charge is 0.271 e. The van der Waals surface area contributed by atoms with Gasteiger partial charge >= 0.3 is 0 Å². The molecule has 5 heteroatoms. The Labute approximate surface area is 94.7 Å². The molecule has 0 saturated heterocycles. The number of amides is 1. The number of hydrogen-bond donors (Lipinski definition) is 2. The Kier molecular flexibility index (Phi) is 3.34. The second-order valence-electron chi connectivity index (χ2n) is 4.04. The van der Waals surface area contributed by atoms with Gasteiger partial charge in [-0.1, -0.05) is 6.42 Å². The SMILES string of the molecule is CNc1cnc(C(=O)NCC2CCC2)cn1. The van der Waals surface area contributed by atoms with Crippen molar-refractivity contribution in [2.24, 2.45) is 5.92 Å². The van der Waals surface area contributed by atoms with Gasteiger partial charge in [0, 0.05) is 13.6 Å². The lowest BCUT2D eigenvalue weighted by Gasteiger charge is -2.25. The minimum absolute atomic E-state index is 0.137. The van der Waals surface area contributed by atoms with Gasteiger partial charge in [0.1, 0.15) is 11.5 Å². The van der Waals surface area contributed by atoms with Crippen LogP contribution in [0.15, 0.2) is 12.4 Å². The van der Waals surface area contributed by atoms with Crippen LogP contribution < -0.4 is 10.6 Å². The quantitative estimate of drug-likeness (QED) is 0.796. The Morgan fingerprint density at radius 2 is 2.25 bits per heavy atom. The highest BCUT2D eigenvalue weighted by molar-refractivity contribution is 5.91. The summed E-state index contributed by atoms with van der Waals surface area (Å²) in [6.07, 6.45) is 6.78. The van der Waals surface area contributed by atoms with Gasteiger partial charge in [0.05, 0.1) is 12.4 Å². The molecule has 5 nitrogen and oxygen atoms in total. The molecule has 0 spiro atoms. The average Bonchev–Trinajstić information content (AvgIpc) is 2.27. The van der Waals surface area contributed by atoms with E-state index in [9.17, 15) is 4.79 Å². The third kappa shape index (κ3) is 2.48. The van der Waals surface area contributed by atoms with Gasteiger partial charge in [-0.15, -0.1) is 0 Å². The third-order valence-electron chi connectivity index (χ3n) is 2.92. The zero-order valence-electron chi connectivity index (χ0n) is 9.36. The van der Waals surface area contributed by atoms with Crippen LogP contribution in [0.2, 0.25) is 0 Å². The molecule has 0 unspecified atom stereocenters. The first-order valence-corrected chi connectivity index (χ1v) is 5.57. The number of rotatable bonds is 4. The lowest BCUT2D eigenvalue weighted by Crippen LogP contribution is -2.32. The van der Waals surface area contributed by atoms with Gasteiger partial charge in [-0.2, -0.15) is 0 Å². The Morgan fingerprint density at radius 3 is 2.75 bits per heavy atom.